The molecule has 0 amide bonds. The van der Waals surface area contributed by atoms with Crippen LogP contribution in [0, 0.1) is 11.8 Å². The van der Waals surface area contributed by atoms with Gasteiger partial charge in [0.15, 0.2) is 0 Å². The van der Waals surface area contributed by atoms with Crippen molar-refractivity contribution in [1.29, 1.82) is 0 Å². The summed E-state index contributed by atoms with van der Waals surface area (Å²) in [5.41, 5.74) is -7.47. The lowest BCUT2D eigenvalue weighted by Crippen LogP contribution is -2.54. The fraction of sp³-hybridized carbons (Fsp3) is 0.440. The second kappa shape index (κ2) is 10.7. The van der Waals surface area contributed by atoms with Gasteiger partial charge >= 0.3 is 24.3 Å². The van der Waals surface area contributed by atoms with E-state index in [9.17, 15) is 35.9 Å². The van der Waals surface area contributed by atoms with Crippen molar-refractivity contribution < 1.29 is 45.4 Å². The summed E-state index contributed by atoms with van der Waals surface area (Å²) in [5, 5.41) is 0. The van der Waals surface area contributed by atoms with Crippen LogP contribution >= 0.6 is 0 Å². The van der Waals surface area contributed by atoms with Crippen molar-refractivity contribution in [3.05, 3.63) is 70.8 Å². The minimum Gasteiger partial charge on any atom is -0.462 e. The number of hydrogen-bond donors (Lipinski definition) is 0. The lowest BCUT2D eigenvalue weighted by molar-refractivity contribution is -0.288. The molecule has 0 N–H and O–H groups in total. The van der Waals surface area contributed by atoms with Crippen LogP contribution in [0.1, 0.15) is 59.5 Å². The SMILES string of the molecule is CC(C)COC(=O)c1ccc(C(c2cccc(C(=O)OCC(C)C)c2)(C(F)(F)F)C(F)(F)F)cc1. The topological polar surface area (TPSA) is 52.6 Å². The number of ether oxygens (including phenoxy) is 2. The molecule has 0 heterocycles. The first-order valence-electron chi connectivity index (χ1n) is 10.8. The Kier molecular flexibility index (Phi) is 8.62. The van der Waals surface area contributed by atoms with Gasteiger partial charge in [0.05, 0.1) is 24.3 Å². The molecule has 0 bridgehead atoms. The summed E-state index contributed by atoms with van der Waals surface area (Å²) < 4.78 is 96.2. The second-order valence-electron chi connectivity index (χ2n) is 8.89. The fourth-order valence-corrected chi connectivity index (χ4v) is 3.37. The molecule has 2 aromatic rings. The van der Waals surface area contributed by atoms with E-state index in [1.165, 1.54) is 0 Å². The Morgan fingerprint density at radius 1 is 0.686 bits per heavy atom. The molecular formula is C25H26F6O4. The Hall–Kier alpha value is -3.04. The van der Waals surface area contributed by atoms with Gasteiger partial charge < -0.3 is 9.47 Å². The number of alkyl halides is 6. The number of carbonyl (C=O) groups is 2. The van der Waals surface area contributed by atoms with E-state index < -0.39 is 46.4 Å². The molecule has 0 saturated heterocycles. The van der Waals surface area contributed by atoms with Gasteiger partial charge in [-0.25, -0.2) is 9.59 Å². The summed E-state index contributed by atoms with van der Waals surface area (Å²) in [6.45, 7) is 6.97. The largest absolute Gasteiger partial charge is 0.462 e. The third-order valence-corrected chi connectivity index (χ3v) is 5.03. The zero-order valence-corrected chi connectivity index (χ0v) is 19.6. The van der Waals surface area contributed by atoms with Crippen molar-refractivity contribution in [2.24, 2.45) is 11.8 Å². The standard InChI is InChI=1S/C25H26F6O4/c1-15(2)13-34-21(32)17-8-10-19(11-9-17)23(24(26,27)28,25(29,30)31)20-7-5-6-18(12-20)22(33)35-14-16(3)4/h5-12,15-16H,13-14H2,1-4H3. The Morgan fingerprint density at radius 2 is 1.14 bits per heavy atom. The molecule has 0 saturated carbocycles. The van der Waals surface area contributed by atoms with Gasteiger partial charge in [0.25, 0.3) is 0 Å². The molecule has 0 radical (unpaired) electrons. The minimum absolute atomic E-state index is 0.0131. The van der Waals surface area contributed by atoms with Crippen LogP contribution in [0.3, 0.4) is 0 Å². The number of rotatable bonds is 8. The first-order chi connectivity index (χ1) is 16.1. The summed E-state index contributed by atoms with van der Waals surface area (Å²) in [6.07, 6.45) is -11.7. The molecular weight excluding hydrogens is 478 g/mol. The monoisotopic (exact) mass is 504 g/mol. The average molecular weight is 504 g/mol. The smallest absolute Gasteiger partial charge is 0.411 e. The highest BCUT2D eigenvalue weighted by molar-refractivity contribution is 5.90. The van der Waals surface area contributed by atoms with Crippen LogP contribution in [-0.4, -0.2) is 37.5 Å². The lowest BCUT2D eigenvalue weighted by Gasteiger charge is -2.38. The third kappa shape index (κ3) is 6.15. The zero-order chi connectivity index (χ0) is 26.6. The zero-order valence-electron chi connectivity index (χ0n) is 19.6. The lowest BCUT2D eigenvalue weighted by atomic mass is 9.72. The van der Waals surface area contributed by atoms with Crippen LogP contribution in [0.25, 0.3) is 0 Å². The Bertz CT molecular complexity index is 1010. The predicted molar refractivity (Wildman–Crippen MR) is 116 cm³/mol. The number of carbonyl (C=O) groups excluding carboxylic acids is 2. The molecule has 0 aliphatic rings. The molecule has 2 aromatic carbocycles. The highest BCUT2D eigenvalue weighted by atomic mass is 19.4. The van der Waals surface area contributed by atoms with Crippen molar-refractivity contribution in [2.75, 3.05) is 13.2 Å². The van der Waals surface area contributed by atoms with Crippen LogP contribution < -0.4 is 0 Å². The van der Waals surface area contributed by atoms with E-state index in [0.29, 0.717) is 24.3 Å². The van der Waals surface area contributed by atoms with Crippen molar-refractivity contribution in [2.45, 2.75) is 45.5 Å². The van der Waals surface area contributed by atoms with Crippen LogP contribution in [-0.2, 0) is 14.9 Å². The van der Waals surface area contributed by atoms with Crippen molar-refractivity contribution in [1.82, 2.24) is 0 Å². The van der Waals surface area contributed by atoms with Gasteiger partial charge in [0.2, 0.25) is 5.41 Å². The number of esters is 2. The first-order valence-corrected chi connectivity index (χ1v) is 10.8. The Morgan fingerprint density at radius 3 is 1.57 bits per heavy atom. The van der Waals surface area contributed by atoms with E-state index in [4.69, 9.17) is 9.47 Å². The van der Waals surface area contributed by atoms with E-state index in [-0.39, 0.29) is 30.6 Å². The highest BCUT2D eigenvalue weighted by Gasteiger charge is 2.72. The second-order valence-corrected chi connectivity index (χ2v) is 8.89. The van der Waals surface area contributed by atoms with Gasteiger partial charge in [-0.3, -0.25) is 0 Å². The molecule has 0 fully saturated rings. The quantitative estimate of drug-likeness (QED) is 0.296. The molecule has 0 aliphatic carbocycles. The molecule has 10 heteroatoms. The van der Waals surface area contributed by atoms with Gasteiger partial charge in [-0.05, 0) is 47.2 Å². The van der Waals surface area contributed by atoms with Gasteiger partial charge in [0.1, 0.15) is 0 Å². The molecule has 0 atom stereocenters. The van der Waals surface area contributed by atoms with Crippen molar-refractivity contribution in [3.8, 4) is 0 Å². The van der Waals surface area contributed by atoms with E-state index in [1.807, 2.05) is 0 Å². The normalized spacial score (nSPS) is 12.7. The summed E-state index contributed by atoms with van der Waals surface area (Å²) in [7, 11) is 0. The number of benzene rings is 2. The van der Waals surface area contributed by atoms with Gasteiger partial charge in [-0.1, -0.05) is 52.0 Å². The molecule has 2 rings (SSSR count). The van der Waals surface area contributed by atoms with E-state index in [1.54, 1.807) is 27.7 Å². The van der Waals surface area contributed by atoms with Crippen molar-refractivity contribution in [3.63, 3.8) is 0 Å². The van der Waals surface area contributed by atoms with Crippen LogP contribution in [0.5, 0.6) is 0 Å². The van der Waals surface area contributed by atoms with Gasteiger partial charge in [-0.15, -0.1) is 0 Å². The average Bonchev–Trinajstić information content (AvgIpc) is 2.75. The molecule has 0 unspecified atom stereocenters. The maximum atomic E-state index is 14.4. The summed E-state index contributed by atoms with van der Waals surface area (Å²) in [4.78, 5) is 24.3. The third-order valence-electron chi connectivity index (χ3n) is 5.03. The highest BCUT2D eigenvalue weighted by Crippen LogP contribution is 2.56. The molecule has 0 spiro atoms. The molecule has 35 heavy (non-hydrogen) atoms. The first kappa shape index (κ1) is 28.2. The molecule has 0 aromatic heterocycles. The Balaban J connectivity index is 2.63. The van der Waals surface area contributed by atoms with Gasteiger partial charge in [0, 0.05) is 0 Å². The maximum absolute atomic E-state index is 14.4. The maximum Gasteiger partial charge on any atom is 0.411 e. The van der Waals surface area contributed by atoms with Gasteiger partial charge in [-0.2, -0.15) is 26.3 Å². The van der Waals surface area contributed by atoms with Crippen LogP contribution in [0.4, 0.5) is 26.3 Å². The summed E-state index contributed by atoms with van der Waals surface area (Å²) in [5.74, 6) is -2.01. The van der Waals surface area contributed by atoms with Crippen LogP contribution in [0.2, 0.25) is 0 Å². The van der Waals surface area contributed by atoms with Crippen molar-refractivity contribution >= 4 is 11.9 Å². The molecule has 0 aliphatic heterocycles. The Labute approximate surface area is 199 Å². The summed E-state index contributed by atoms with van der Waals surface area (Å²) in [6, 6.07) is 6.10. The number of halogens is 6. The predicted octanol–water partition coefficient (Wildman–Crippen LogP) is 6.72. The van der Waals surface area contributed by atoms with Crippen LogP contribution in [0.15, 0.2) is 48.5 Å². The van der Waals surface area contributed by atoms with E-state index >= 15 is 0 Å². The fourth-order valence-electron chi connectivity index (χ4n) is 3.37. The molecule has 192 valence electrons. The summed E-state index contributed by atoms with van der Waals surface area (Å²) >= 11 is 0. The minimum atomic E-state index is -5.84. The van der Waals surface area contributed by atoms with E-state index in [2.05, 4.69) is 0 Å². The molecule has 4 nitrogen and oxygen atoms in total. The number of hydrogen-bond acceptors (Lipinski definition) is 4. The van der Waals surface area contributed by atoms with E-state index in [0.717, 1.165) is 24.3 Å².